The Hall–Kier alpha value is -1.58. The molecule has 5 unspecified atom stereocenters. The summed E-state index contributed by atoms with van der Waals surface area (Å²) in [5.74, 6) is 4.18. The maximum Gasteiger partial charge on any atom is 0.331 e. The van der Waals surface area contributed by atoms with Gasteiger partial charge in [0.05, 0.1) is 5.71 Å². The number of carbonyl (C=O) groups excluding carboxylic acids is 1. The first kappa shape index (κ1) is 17.1. The zero-order chi connectivity index (χ0) is 19.6. The minimum Gasteiger partial charge on any atom is -0.451 e. The van der Waals surface area contributed by atoms with E-state index in [1.807, 2.05) is 0 Å². The van der Waals surface area contributed by atoms with Crippen LogP contribution in [0, 0.1) is 46.3 Å². The monoisotopic (exact) mass is 393 g/mol. The minimum atomic E-state index is -0.296. The molecule has 0 bridgehead atoms. The molecule has 5 fully saturated rings. The number of hydrogen-bond donors (Lipinski definition) is 1. The van der Waals surface area contributed by atoms with E-state index in [9.17, 15) is 10.0 Å². The number of esters is 1. The first-order valence-electron chi connectivity index (χ1n) is 11.9. The summed E-state index contributed by atoms with van der Waals surface area (Å²) >= 11 is 0. The molecule has 0 saturated heterocycles. The van der Waals surface area contributed by atoms with Gasteiger partial charge in [0, 0.05) is 17.4 Å². The quantitative estimate of drug-likeness (QED) is 0.392. The topological polar surface area (TPSA) is 58.9 Å². The van der Waals surface area contributed by atoms with Crippen LogP contribution in [-0.2, 0) is 9.53 Å². The summed E-state index contributed by atoms with van der Waals surface area (Å²) in [7, 11) is 0. The van der Waals surface area contributed by atoms with Crippen LogP contribution in [0.15, 0.2) is 29.0 Å². The molecule has 7 rings (SSSR count). The average molecular weight is 394 g/mol. The van der Waals surface area contributed by atoms with Crippen LogP contribution in [0.5, 0.6) is 0 Å². The van der Waals surface area contributed by atoms with Gasteiger partial charge in [-0.15, -0.1) is 0 Å². The van der Waals surface area contributed by atoms with Gasteiger partial charge in [-0.3, -0.25) is 0 Å². The Bertz CT molecular complexity index is 898. The van der Waals surface area contributed by atoms with Crippen molar-refractivity contribution < 1.29 is 14.7 Å². The molecule has 0 aromatic rings. The molecule has 1 aliphatic heterocycles. The molecule has 154 valence electrons. The lowest BCUT2D eigenvalue weighted by Gasteiger charge is -2.59. The highest BCUT2D eigenvalue weighted by atomic mass is 16.6. The molecule has 0 aromatic carbocycles. The lowest BCUT2D eigenvalue weighted by Crippen LogP contribution is -2.57. The second-order valence-electron chi connectivity index (χ2n) is 11.3. The molecule has 4 nitrogen and oxygen atoms in total. The number of oxime groups is 1. The van der Waals surface area contributed by atoms with Crippen LogP contribution in [0.1, 0.15) is 64.7 Å². The number of rotatable bonds is 1. The van der Waals surface area contributed by atoms with Gasteiger partial charge in [-0.1, -0.05) is 17.7 Å². The van der Waals surface area contributed by atoms with E-state index in [4.69, 9.17) is 4.74 Å². The summed E-state index contributed by atoms with van der Waals surface area (Å²) in [5.41, 5.74) is 2.78. The molecule has 29 heavy (non-hydrogen) atoms. The van der Waals surface area contributed by atoms with Crippen molar-refractivity contribution in [2.45, 2.75) is 70.3 Å². The lowest BCUT2D eigenvalue weighted by atomic mass is 9.46. The molecule has 4 heteroatoms. The molecular weight excluding hydrogens is 362 g/mol. The Morgan fingerprint density at radius 2 is 2.07 bits per heavy atom. The second-order valence-corrected chi connectivity index (χ2v) is 11.3. The van der Waals surface area contributed by atoms with Gasteiger partial charge in [0.25, 0.3) is 0 Å². The van der Waals surface area contributed by atoms with Crippen LogP contribution >= 0.6 is 0 Å². The van der Waals surface area contributed by atoms with Crippen molar-refractivity contribution in [3.8, 4) is 0 Å². The summed E-state index contributed by atoms with van der Waals surface area (Å²) in [6.45, 7) is 2.35. The van der Waals surface area contributed by atoms with Crippen LogP contribution < -0.4 is 0 Å². The Labute approximate surface area is 172 Å². The number of carbonyl (C=O) groups is 1. The van der Waals surface area contributed by atoms with Crippen molar-refractivity contribution in [3.63, 3.8) is 0 Å². The molecule has 8 atom stereocenters. The van der Waals surface area contributed by atoms with Gasteiger partial charge in [0.2, 0.25) is 0 Å². The van der Waals surface area contributed by atoms with E-state index in [-0.39, 0.29) is 17.0 Å². The number of ether oxygens (including phenoxy) is 1. The van der Waals surface area contributed by atoms with Crippen LogP contribution in [0.25, 0.3) is 0 Å². The van der Waals surface area contributed by atoms with Gasteiger partial charge in [0.15, 0.2) is 0 Å². The molecular formula is C25H31NO3. The van der Waals surface area contributed by atoms with Gasteiger partial charge < -0.3 is 9.94 Å². The third-order valence-electron chi connectivity index (χ3n) is 10.7. The zero-order valence-corrected chi connectivity index (χ0v) is 17.3. The largest absolute Gasteiger partial charge is 0.451 e. The summed E-state index contributed by atoms with van der Waals surface area (Å²) in [4.78, 5) is 12.2. The fourth-order valence-corrected chi connectivity index (χ4v) is 9.60. The predicted octanol–water partition coefficient (Wildman–Crippen LogP) is 4.88. The molecule has 0 aromatic heterocycles. The third kappa shape index (κ3) is 1.84. The number of nitrogens with zero attached hydrogens (tertiary/aromatic N) is 1. The molecule has 2 spiro atoms. The summed E-state index contributed by atoms with van der Waals surface area (Å²) < 4.78 is 6.21. The average Bonchev–Trinajstić information content (AvgIpc) is 3.65. The van der Waals surface area contributed by atoms with Crippen molar-refractivity contribution in [2.75, 3.05) is 0 Å². The fraction of sp³-hybridized carbons (Fsp3) is 0.760. The first-order valence-corrected chi connectivity index (χ1v) is 11.9. The molecule has 5 saturated carbocycles. The highest BCUT2D eigenvalue weighted by Gasteiger charge is 2.79. The van der Waals surface area contributed by atoms with E-state index >= 15 is 0 Å². The maximum absolute atomic E-state index is 12.2. The van der Waals surface area contributed by atoms with E-state index < -0.39 is 0 Å². The van der Waals surface area contributed by atoms with Crippen molar-refractivity contribution in [3.05, 3.63) is 23.8 Å². The van der Waals surface area contributed by atoms with Crippen molar-refractivity contribution in [1.82, 2.24) is 0 Å². The Kier molecular flexibility index (Phi) is 3.06. The normalized spacial score (nSPS) is 53.9. The number of hydrogen-bond acceptors (Lipinski definition) is 4. The second kappa shape index (κ2) is 5.18. The predicted molar refractivity (Wildman–Crippen MR) is 108 cm³/mol. The van der Waals surface area contributed by atoms with E-state index in [1.54, 1.807) is 11.6 Å². The summed E-state index contributed by atoms with van der Waals surface area (Å²) in [6.07, 6.45) is 17.1. The Balaban J connectivity index is 1.32. The van der Waals surface area contributed by atoms with Gasteiger partial charge in [-0.2, -0.15) is 0 Å². The molecule has 6 aliphatic carbocycles. The maximum atomic E-state index is 12.2. The fourth-order valence-electron chi connectivity index (χ4n) is 9.60. The van der Waals surface area contributed by atoms with Gasteiger partial charge in [-0.25, -0.2) is 4.79 Å². The molecule has 0 amide bonds. The van der Waals surface area contributed by atoms with E-state index in [1.165, 1.54) is 38.5 Å². The Morgan fingerprint density at radius 3 is 2.76 bits per heavy atom. The van der Waals surface area contributed by atoms with Gasteiger partial charge in [-0.05, 0) is 105 Å². The minimum absolute atomic E-state index is 0.109. The first-order chi connectivity index (χ1) is 14.1. The van der Waals surface area contributed by atoms with Crippen molar-refractivity contribution in [1.29, 1.82) is 0 Å². The van der Waals surface area contributed by atoms with E-state index in [0.29, 0.717) is 17.3 Å². The molecule has 7 aliphatic rings. The standard InChI is InChI=1S/C25H31NO3/c1-2-24-7-5-15-16-4-3-14(26-28)11-19(16)23(9-10-23)13-18(15)22(24)17-12-20(17)25(24)8-6-21(27)29-25/h6,8,11,15-18,20,22,28H,2-5,7,9-10,12-13H2,1H3/b26-14+/t15?,16-,17?,18?,20?,22?,24+,25+/m1/s1. The van der Waals surface area contributed by atoms with Gasteiger partial charge >= 0.3 is 5.97 Å². The molecule has 1 N–H and O–H groups in total. The van der Waals surface area contributed by atoms with Crippen LogP contribution in [0.2, 0.25) is 0 Å². The summed E-state index contributed by atoms with van der Waals surface area (Å²) in [5, 5.41) is 12.9. The molecule has 0 radical (unpaired) electrons. The zero-order valence-electron chi connectivity index (χ0n) is 17.3. The number of allylic oxidation sites excluding steroid dienone is 2. The molecule has 1 heterocycles. The van der Waals surface area contributed by atoms with E-state index in [0.717, 1.165) is 48.6 Å². The van der Waals surface area contributed by atoms with Crippen molar-refractivity contribution >= 4 is 11.7 Å². The SMILES string of the molecule is CC[C@]12CCC3C(CC4(CC4)C4=C/C(=N/O)CC[C@@H]43)C1C1CC1[C@@]21C=CC(=O)O1. The van der Waals surface area contributed by atoms with E-state index in [2.05, 4.69) is 24.2 Å². The van der Waals surface area contributed by atoms with Crippen LogP contribution in [-0.4, -0.2) is 22.5 Å². The highest BCUT2D eigenvalue weighted by molar-refractivity contribution is 5.96. The van der Waals surface area contributed by atoms with Crippen molar-refractivity contribution in [2.24, 2.45) is 51.5 Å². The van der Waals surface area contributed by atoms with Gasteiger partial charge in [0.1, 0.15) is 5.60 Å². The lowest BCUT2D eigenvalue weighted by molar-refractivity contribution is -0.173. The van der Waals surface area contributed by atoms with Crippen LogP contribution in [0.3, 0.4) is 0 Å². The highest BCUT2D eigenvalue weighted by Crippen LogP contribution is 2.80. The number of fused-ring (bicyclic) bond motifs is 10. The smallest absolute Gasteiger partial charge is 0.331 e. The Morgan fingerprint density at radius 1 is 1.21 bits per heavy atom. The third-order valence-corrected chi connectivity index (χ3v) is 10.7. The van der Waals surface area contributed by atoms with Crippen LogP contribution in [0.4, 0.5) is 0 Å². The summed E-state index contributed by atoms with van der Waals surface area (Å²) in [6, 6.07) is 0.